The highest BCUT2D eigenvalue weighted by Gasteiger charge is 2.23. The Morgan fingerprint density at radius 3 is 2.75 bits per heavy atom. The summed E-state index contributed by atoms with van der Waals surface area (Å²) in [5, 5.41) is 9.56. The van der Waals surface area contributed by atoms with Gasteiger partial charge in [-0.25, -0.2) is 17.5 Å². The zero-order valence-corrected chi connectivity index (χ0v) is 11.9. The predicted octanol–water partition coefficient (Wildman–Crippen LogP) is 1.24. The van der Waals surface area contributed by atoms with Crippen molar-refractivity contribution in [3.05, 3.63) is 24.0 Å². The number of nitrogens with two attached hydrogens (primary N) is 1. The van der Waals surface area contributed by atoms with Gasteiger partial charge in [-0.3, -0.25) is 0 Å². The van der Waals surface area contributed by atoms with E-state index in [0.717, 1.165) is 31.4 Å². The number of nitrogen functional groups attached to an aromatic ring is 1. The topological polar surface area (TPSA) is 92.4 Å². The Kier molecular flexibility index (Phi) is 4.62. The molecule has 1 aliphatic rings. The first kappa shape index (κ1) is 15.2. The number of benzene rings is 1. The number of anilines is 1. The molecule has 1 aliphatic carbocycles. The minimum Gasteiger partial charge on any atom is -0.399 e. The van der Waals surface area contributed by atoms with E-state index >= 15 is 0 Å². The van der Waals surface area contributed by atoms with Crippen molar-refractivity contribution in [1.29, 1.82) is 0 Å². The Morgan fingerprint density at radius 1 is 1.35 bits per heavy atom. The third-order valence-corrected chi connectivity index (χ3v) is 4.92. The van der Waals surface area contributed by atoms with Crippen LogP contribution in [0.15, 0.2) is 23.1 Å². The van der Waals surface area contributed by atoms with Crippen LogP contribution in [0.4, 0.5) is 10.1 Å². The molecule has 1 aromatic carbocycles. The SMILES string of the molecule is Nc1cc(F)cc(S(=O)(=O)NCC2CCCC(O)C2)c1. The van der Waals surface area contributed by atoms with Crippen LogP contribution in [0, 0.1) is 11.7 Å². The number of nitrogens with one attached hydrogen (secondary N) is 1. The van der Waals surface area contributed by atoms with E-state index in [1.807, 2.05) is 0 Å². The average Bonchev–Trinajstić information content (AvgIpc) is 2.35. The summed E-state index contributed by atoms with van der Waals surface area (Å²) < 4.78 is 39.8. The Bertz CT molecular complexity index is 557. The van der Waals surface area contributed by atoms with Crippen molar-refractivity contribution in [3.8, 4) is 0 Å². The summed E-state index contributed by atoms with van der Waals surface area (Å²) in [4.78, 5) is -0.175. The van der Waals surface area contributed by atoms with Gasteiger partial charge in [-0.05, 0) is 43.4 Å². The van der Waals surface area contributed by atoms with Gasteiger partial charge in [0.2, 0.25) is 10.0 Å². The molecule has 2 rings (SSSR count). The molecule has 0 aliphatic heterocycles. The van der Waals surface area contributed by atoms with Gasteiger partial charge in [0, 0.05) is 12.2 Å². The Morgan fingerprint density at radius 2 is 2.10 bits per heavy atom. The molecular formula is C13H19FN2O3S. The van der Waals surface area contributed by atoms with Crippen LogP contribution < -0.4 is 10.5 Å². The van der Waals surface area contributed by atoms with Crippen LogP contribution in [0.2, 0.25) is 0 Å². The maximum Gasteiger partial charge on any atom is 0.240 e. The highest BCUT2D eigenvalue weighted by Crippen LogP contribution is 2.24. The summed E-state index contributed by atoms with van der Waals surface area (Å²) in [5.41, 5.74) is 5.52. The second-order valence-electron chi connectivity index (χ2n) is 5.26. The first-order valence-corrected chi connectivity index (χ1v) is 8.09. The lowest BCUT2D eigenvalue weighted by Gasteiger charge is -2.25. The van der Waals surface area contributed by atoms with Crippen LogP contribution >= 0.6 is 0 Å². The molecule has 0 saturated heterocycles. The Labute approximate surface area is 118 Å². The van der Waals surface area contributed by atoms with Crippen LogP contribution in [0.3, 0.4) is 0 Å². The van der Waals surface area contributed by atoms with E-state index < -0.39 is 15.8 Å². The molecule has 2 atom stereocenters. The third kappa shape index (κ3) is 3.91. The molecule has 0 bridgehead atoms. The summed E-state index contributed by atoms with van der Waals surface area (Å²) in [6.07, 6.45) is 2.77. The number of hydrogen-bond acceptors (Lipinski definition) is 4. The fourth-order valence-corrected chi connectivity index (χ4v) is 3.68. The Balaban J connectivity index is 2.03. The molecule has 20 heavy (non-hydrogen) atoms. The maximum absolute atomic E-state index is 13.2. The largest absolute Gasteiger partial charge is 0.399 e. The molecule has 0 amide bonds. The lowest BCUT2D eigenvalue weighted by atomic mass is 9.87. The van der Waals surface area contributed by atoms with Crippen LogP contribution in [-0.4, -0.2) is 26.2 Å². The average molecular weight is 302 g/mol. The van der Waals surface area contributed by atoms with Crippen molar-refractivity contribution in [2.24, 2.45) is 5.92 Å². The molecule has 0 radical (unpaired) electrons. The van der Waals surface area contributed by atoms with Gasteiger partial charge in [0.1, 0.15) is 5.82 Å². The van der Waals surface area contributed by atoms with Crippen LogP contribution in [0.5, 0.6) is 0 Å². The minimum atomic E-state index is -3.77. The second kappa shape index (κ2) is 6.07. The van der Waals surface area contributed by atoms with E-state index in [1.54, 1.807) is 0 Å². The molecule has 4 N–H and O–H groups in total. The van der Waals surface area contributed by atoms with Crippen molar-refractivity contribution in [3.63, 3.8) is 0 Å². The molecular weight excluding hydrogens is 283 g/mol. The normalized spacial score (nSPS) is 23.7. The number of hydrogen-bond donors (Lipinski definition) is 3. The van der Waals surface area contributed by atoms with Crippen LogP contribution in [-0.2, 0) is 10.0 Å². The van der Waals surface area contributed by atoms with Gasteiger partial charge in [0.05, 0.1) is 11.0 Å². The fourth-order valence-electron chi connectivity index (χ4n) is 2.50. The van der Waals surface area contributed by atoms with E-state index in [-0.39, 0.29) is 29.1 Å². The molecule has 1 fully saturated rings. The summed E-state index contributed by atoms with van der Waals surface area (Å²) in [7, 11) is -3.77. The molecule has 0 spiro atoms. The van der Waals surface area contributed by atoms with Gasteiger partial charge in [-0.1, -0.05) is 6.42 Å². The molecule has 2 unspecified atom stereocenters. The molecule has 1 saturated carbocycles. The van der Waals surface area contributed by atoms with Gasteiger partial charge in [-0.2, -0.15) is 0 Å². The molecule has 1 aromatic rings. The molecule has 0 aromatic heterocycles. The first-order chi connectivity index (χ1) is 9.37. The summed E-state index contributed by atoms with van der Waals surface area (Å²) in [6, 6.07) is 3.23. The van der Waals surface area contributed by atoms with Gasteiger partial charge in [0.25, 0.3) is 0 Å². The molecule has 112 valence electrons. The van der Waals surface area contributed by atoms with Gasteiger partial charge < -0.3 is 10.8 Å². The Hall–Kier alpha value is -1.18. The van der Waals surface area contributed by atoms with Crippen molar-refractivity contribution in [2.75, 3.05) is 12.3 Å². The number of halogens is 1. The smallest absolute Gasteiger partial charge is 0.240 e. The monoisotopic (exact) mass is 302 g/mol. The van der Waals surface area contributed by atoms with Crippen LogP contribution in [0.1, 0.15) is 25.7 Å². The van der Waals surface area contributed by atoms with Crippen molar-refractivity contribution in [2.45, 2.75) is 36.7 Å². The fraction of sp³-hybridized carbons (Fsp3) is 0.538. The molecule has 0 heterocycles. The standard InChI is InChI=1S/C13H19FN2O3S/c14-10-5-11(15)7-13(6-10)20(18,19)16-8-9-2-1-3-12(17)4-9/h5-7,9,12,16-17H,1-4,8,15H2. The van der Waals surface area contributed by atoms with Gasteiger partial charge in [-0.15, -0.1) is 0 Å². The first-order valence-electron chi connectivity index (χ1n) is 6.60. The summed E-state index contributed by atoms with van der Waals surface area (Å²) >= 11 is 0. The summed E-state index contributed by atoms with van der Waals surface area (Å²) in [5.74, 6) is -0.571. The van der Waals surface area contributed by atoms with Crippen LogP contribution in [0.25, 0.3) is 0 Å². The van der Waals surface area contributed by atoms with Crippen molar-refractivity contribution < 1.29 is 17.9 Å². The maximum atomic E-state index is 13.2. The predicted molar refractivity (Wildman–Crippen MR) is 74.0 cm³/mol. The van der Waals surface area contributed by atoms with E-state index in [2.05, 4.69) is 4.72 Å². The van der Waals surface area contributed by atoms with E-state index in [9.17, 15) is 17.9 Å². The van der Waals surface area contributed by atoms with E-state index in [1.165, 1.54) is 6.07 Å². The lowest BCUT2D eigenvalue weighted by Crippen LogP contribution is -2.33. The lowest BCUT2D eigenvalue weighted by molar-refractivity contribution is 0.102. The third-order valence-electron chi connectivity index (χ3n) is 3.52. The number of aliphatic hydroxyl groups excluding tert-OH is 1. The second-order valence-corrected chi connectivity index (χ2v) is 7.03. The minimum absolute atomic E-state index is 0.0680. The van der Waals surface area contributed by atoms with Crippen molar-refractivity contribution in [1.82, 2.24) is 4.72 Å². The van der Waals surface area contributed by atoms with Gasteiger partial charge in [0.15, 0.2) is 0 Å². The number of sulfonamides is 1. The zero-order valence-electron chi connectivity index (χ0n) is 11.0. The summed E-state index contributed by atoms with van der Waals surface area (Å²) in [6.45, 7) is 0.246. The quantitative estimate of drug-likeness (QED) is 0.730. The number of aliphatic hydroxyl groups is 1. The zero-order chi connectivity index (χ0) is 14.8. The number of rotatable bonds is 4. The molecule has 7 heteroatoms. The highest BCUT2D eigenvalue weighted by molar-refractivity contribution is 7.89. The van der Waals surface area contributed by atoms with Gasteiger partial charge >= 0.3 is 0 Å². The molecule has 5 nitrogen and oxygen atoms in total. The van der Waals surface area contributed by atoms with Crippen molar-refractivity contribution >= 4 is 15.7 Å². The van der Waals surface area contributed by atoms with E-state index in [0.29, 0.717) is 6.42 Å². The highest BCUT2D eigenvalue weighted by atomic mass is 32.2. The van der Waals surface area contributed by atoms with E-state index in [4.69, 9.17) is 5.73 Å².